The van der Waals surface area contributed by atoms with E-state index in [0.29, 0.717) is 0 Å². The van der Waals surface area contributed by atoms with E-state index in [1.807, 2.05) is 41.6 Å². The van der Waals surface area contributed by atoms with Crippen molar-refractivity contribution in [3.8, 4) is 5.75 Å². The second-order valence-corrected chi connectivity index (χ2v) is 6.99. The summed E-state index contributed by atoms with van der Waals surface area (Å²) in [5.41, 5.74) is 0. The van der Waals surface area contributed by atoms with E-state index in [-0.39, 0.29) is 18.6 Å². The number of carbonyl (C=O) groups is 1. The van der Waals surface area contributed by atoms with Crippen LogP contribution in [0.4, 0.5) is 0 Å². The molecule has 1 saturated carbocycles. The van der Waals surface area contributed by atoms with Crippen LogP contribution in [0.15, 0.2) is 36.7 Å². The number of ether oxygens (including phenoxy) is 1. The third-order valence-corrected chi connectivity index (χ3v) is 5.02. The highest BCUT2D eigenvalue weighted by atomic mass is 16.5. The monoisotopic (exact) mass is 340 g/mol. The fraction of sp³-hybridized carbons (Fsp3) is 0.526. The van der Waals surface area contributed by atoms with Gasteiger partial charge in [-0.25, -0.2) is 0 Å². The lowest BCUT2D eigenvalue weighted by Gasteiger charge is -2.35. The van der Waals surface area contributed by atoms with Crippen LogP contribution in [0, 0.1) is 5.92 Å². The molecule has 0 N–H and O–H groups in total. The number of likely N-dealkylation sites (tertiary alicyclic amines) is 1. The van der Waals surface area contributed by atoms with Crippen LogP contribution in [0.1, 0.15) is 44.0 Å². The predicted molar refractivity (Wildman–Crippen MR) is 93.0 cm³/mol. The van der Waals surface area contributed by atoms with Crippen LogP contribution in [0.25, 0.3) is 0 Å². The van der Waals surface area contributed by atoms with E-state index >= 15 is 0 Å². The van der Waals surface area contributed by atoms with E-state index < -0.39 is 0 Å². The fourth-order valence-corrected chi connectivity index (χ4v) is 3.48. The Bertz CT molecular complexity index is 711. The summed E-state index contributed by atoms with van der Waals surface area (Å²) >= 11 is 0. The predicted octanol–water partition coefficient (Wildman–Crippen LogP) is 2.82. The van der Waals surface area contributed by atoms with E-state index in [2.05, 4.69) is 14.8 Å². The molecular weight excluding hydrogens is 316 g/mol. The molecule has 1 atom stereocenters. The number of para-hydroxylation sites is 1. The Morgan fingerprint density at radius 3 is 2.80 bits per heavy atom. The first-order valence-corrected chi connectivity index (χ1v) is 9.16. The van der Waals surface area contributed by atoms with Crippen molar-refractivity contribution in [2.45, 2.75) is 44.7 Å². The number of hydrogen-bond donors (Lipinski definition) is 0. The van der Waals surface area contributed by atoms with Gasteiger partial charge in [-0.2, -0.15) is 0 Å². The number of piperidine rings is 1. The lowest BCUT2D eigenvalue weighted by molar-refractivity contribution is -0.137. The topological polar surface area (TPSA) is 60.2 Å². The molecule has 0 spiro atoms. The first-order valence-electron chi connectivity index (χ1n) is 9.16. The maximum absolute atomic E-state index is 12.8. The standard InChI is InChI=1S/C19H24N4O2/c24-18(13-25-16-6-2-1-3-7-16)23-11-5-4-8-17(23)19-21-20-14-22(19)12-15-9-10-15/h1-3,6-7,14-15,17H,4-5,8-13H2/t17-/m1/s1. The van der Waals surface area contributed by atoms with Gasteiger partial charge in [-0.05, 0) is 50.2 Å². The average Bonchev–Trinajstić information content (AvgIpc) is 3.36. The van der Waals surface area contributed by atoms with Crippen molar-refractivity contribution in [3.63, 3.8) is 0 Å². The Balaban J connectivity index is 1.45. The van der Waals surface area contributed by atoms with Crippen LogP contribution in [-0.2, 0) is 11.3 Å². The highest BCUT2D eigenvalue weighted by molar-refractivity contribution is 5.78. The summed E-state index contributed by atoms with van der Waals surface area (Å²) in [7, 11) is 0. The molecule has 1 aliphatic carbocycles. The quantitative estimate of drug-likeness (QED) is 0.811. The van der Waals surface area contributed by atoms with E-state index in [1.54, 1.807) is 0 Å². The highest BCUT2D eigenvalue weighted by Crippen LogP contribution is 2.34. The SMILES string of the molecule is O=C(COc1ccccc1)N1CCCC[C@@H]1c1nncn1CC1CC1. The second-order valence-electron chi connectivity index (χ2n) is 6.99. The van der Waals surface area contributed by atoms with Gasteiger partial charge in [0.15, 0.2) is 12.4 Å². The molecule has 1 amide bonds. The zero-order valence-corrected chi connectivity index (χ0v) is 14.4. The van der Waals surface area contributed by atoms with Crippen molar-refractivity contribution in [1.29, 1.82) is 0 Å². The molecule has 0 unspecified atom stereocenters. The first kappa shape index (κ1) is 16.1. The zero-order valence-electron chi connectivity index (χ0n) is 14.4. The molecule has 2 aromatic rings. The largest absolute Gasteiger partial charge is 0.484 e. The summed E-state index contributed by atoms with van der Waals surface area (Å²) in [6.07, 6.45) is 7.48. The first-order chi connectivity index (χ1) is 12.3. The maximum Gasteiger partial charge on any atom is 0.261 e. The van der Waals surface area contributed by atoms with Gasteiger partial charge < -0.3 is 14.2 Å². The minimum absolute atomic E-state index is 0.0156. The minimum atomic E-state index is 0.0156. The van der Waals surface area contributed by atoms with Crippen molar-refractivity contribution in [1.82, 2.24) is 19.7 Å². The van der Waals surface area contributed by atoms with Gasteiger partial charge in [-0.1, -0.05) is 18.2 Å². The Morgan fingerprint density at radius 1 is 1.16 bits per heavy atom. The summed E-state index contributed by atoms with van der Waals surface area (Å²) in [6, 6.07) is 9.50. The van der Waals surface area contributed by atoms with Crippen molar-refractivity contribution in [2.75, 3.05) is 13.2 Å². The molecule has 6 heteroatoms. The zero-order chi connectivity index (χ0) is 17.1. The van der Waals surface area contributed by atoms with Gasteiger partial charge >= 0.3 is 0 Å². The molecule has 0 radical (unpaired) electrons. The number of aromatic nitrogens is 3. The van der Waals surface area contributed by atoms with E-state index in [1.165, 1.54) is 12.8 Å². The fourth-order valence-electron chi connectivity index (χ4n) is 3.48. The molecule has 2 aliphatic rings. The van der Waals surface area contributed by atoms with Crippen LogP contribution in [0.3, 0.4) is 0 Å². The molecule has 4 rings (SSSR count). The maximum atomic E-state index is 12.8. The molecule has 0 bridgehead atoms. The molecule has 1 saturated heterocycles. The van der Waals surface area contributed by atoms with Crippen molar-refractivity contribution >= 4 is 5.91 Å². The van der Waals surface area contributed by atoms with Crippen LogP contribution < -0.4 is 4.74 Å². The van der Waals surface area contributed by atoms with Gasteiger partial charge in [0.05, 0.1) is 6.04 Å². The van der Waals surface area contributed by atoms with Crippen molar-refractivity contribution in [2.24, 2.45) is 5.92 Å². The third-order valence-electron chi connectivity index (χ3n) is 5.02. The number of amides is 1. The molecule has 1 aliphatic heterocycles. The van der Waals surface area contributed by atoms with Crippen molar-refractivity contribution in [3.05, 3.63) is 42.5 Å². The normalized spacial score (nSPS) is 20.5. The Labute approximate surface area is 147 Å². The number of carbonyl (C=O) groups excluding carboxylic acids is 1. The van der Waals surface area contributed by atoms with Crippen LogP contribution >= 0.6 is 0 Å². The Kier molecular flexibility index (Phi) is 4.68. The van der Waals surface area contributed by atoms with Gasteiger partial charge in [0.25, 0.3) is 5.91 Å². The van der Waals surface area contributed by atoms with Crippen LogP contribution in [0.5, 0.6) is 5.75 Å². The lowest BCUT2D eigenvalue weighted by Crippen LogP contribution is -2.42. The average molecular weight is 340 g/mol. The summed E-state index contributed by atoms with van der Waals surface area (Å²) in [5, 5.41) is 8.46. The summed E-state index contributed by atoms with van der Waals surface area (Å²) in [5.74, 6) is 2.43. The lowest BCUT2D eigenvalue weighted by atomic mass is 10.0. The van der Waals surface area contributed by atoms with Gasteiger partial charge in [0, 0.05) is 13.1 Å². The van der Waals surface area contributed by atoms with E-state index in [0.717, 1.165) is 49.8 Å². The third kappa shape index (κ3) is 3.83. The molecule has 132 valence electrons. The number of hydrogen-bond acceptors (Lipinski definition) is 4. The number of nitrogens with zero attached hydrogens (tertiary/aromatic N) is 4. The molecule has 6 nitrogen and oxygen atoms in total. The van der Waals surface area contributed by atoms with Crippen LogP contribution in [0.2, 0.25) is 0 Å². The van der Waals surface area contributed by atoms with E-state index in [9.17, 15) is 4.79 Å². The van der Waals surface area contributed by atoms with Crippen LogP contribution in [-0.4, -0.2) is 38.7 Å². The molecule has 1 aromatic heterocycles. The minimum Gasteiger partial charge on any atom is -0.484 e. The van der Waals surface area contributed by atoms with Crippen molar-refractivity contribution < 1.29 is 9.53 Å². The van der Waals surface area contributed by atoms with Gasteiger partial charge in [0.2, 0.25) is 0 Å². The second kappa shape index (κ2) is 7.25. The summed E-state index contributed by atoms with van der Waals surface area (Å²) in [6.45, 7) is 1.80. The molecule has 25 heavy (non-hydrogen) atoms. The molecular formula is C19H24N4O2. The molecule has 2 fully saturated rings. The number of rotatable bonds is 6. The molecule has 1 aromatic carbocycles. The summed E-state index contributed by atoms with van der Waals surface area (Å²) < 4.78 is 7.80. The molecule has 2 heterocycles. The van der Waals surface area contributed by atoms with Gasteiger partial charge in [-0.3, -0.25) is 4.79 Å². The smallest absolute Gasteiger partial charge is 0.261 e. The van der Waals surface area contributed by atoms with E-state index in [4.69, 9.17) is 4.74 Å². The highest BCUT2D eigenvalue weighted by Gasteiger charge is 2.32. The Hall–Kier alpha value is -2.37. The number of benzene rings is 1. The van der Waals surface area contributed by atoms with Gasteiger partial charge in [-0.15, -0.1) is 10.2 Å². The van der Waals surface area contributed by atoms with Gasteiger partial charge in [0.1, 0.15) is 12.1 Å². The summed E-state index contributed by atoms with van der Waals surface area (Å²) in [4.78, 5) is 14.7. The Morgan fingerprint density at radius 2 is 2.00 bits per heavy atom.